The Morgan fingerprint density at radius 2 is 2.44 bits per heavy atom. The molecule has 2 unspecified atom stereocenters. The predicted molar refractivity (Wildman–Crippen MR) is 66.9 cm³/mol. The summed E-state index contributed by atoms with van der Waals surface area (Å²) in [6.45, 7) is 2.59. The summed E-state index contributed by atoms with van der Waals surface area (Å²) in [5, 5.41) is 0.735. The molecule has 16 heavy (non-hydrogen) atoms. The van der Waals surface area contributed by atoms with Crippen molar-refractivity contribution in [3.8, 4) is 5.75 Å². The number of ether oxygens (including phenoxy) is 2. The van der Waals surface area contributed by atoms with Gasteiger partial charge in [0, 0.05) is 11.1 Å². The number of hydrogen-bond donors (Lipinski definition) is 1. The second-order valence-corrected chi connectivity index (χ2v) is 4.58. The molecule has 3 nitrogen and oxygen atoms in total. The van der Waals surface area contributed by atoms with Gasteiger partial charge in [-0.1, -0.05) is 11.6 Å². The van der Waals surface area contributed by atoms with Crippen LogP contribution in [0.3, 0.4) is 0 Å². The molecule has 1 aliphatic heterocycles. The fraction of sp³-hybridized carbons (Fsp3) is 0.455. The van der Waals surface area contributed by atoms with Crippen LogP contribution in [0.2, 0.25) is 5.02 Å². The molecule has 1 aromatic rings. The fourth-order valence-electron chi connectivity index (χ4n) is 1.66. The lowest BCUT2D eigenvalue weighted by Crippen LogP contribution is -2.28. The van der Waals surface area contributed by atoms with Crippen LogP contribution in [0.4, 0.5) is 0 Å². The van der Waals surface area contributed by atoms with E-state index in [4.69, 9.17) is 26.8 Å². The van der Waals surface area contributed by atoms with Crippen molar-refractivity contribution >= 4 is 24.3 Å². The van der Waals surface area contributed by atoms with Crippen LogP contribution in [0.25, 0.3) is 0 Å². The first-order valence-corrected chi connectivity index (χ1v) is 5.85. The second kappa shape index (κ2) is 5.08. The van der Waals surface area contributed by atoms with E-state index in [0.717, 1.165) is 29.9 Å². The summed E-state index contributed by atoms with van der Waals surface area (Å²) in [6.07, 6.45) is 0.656. The van der Waals surface area contributed by atoms with Crippen molar-refractivity contribution in [2.45, 2.75) is 25.6 Å². The van der Waals surface area contributed by atoms with Crippen LogP contribution in [0.1, 0.15) is 13.3 Å². The van der Waals surface area contributed by atoms with Gasteiger partial charge in [-0.2, -0.15) is 0 Å². The smallest absolute Gasteiger partial charge is 0.247 e. The van der Waals surface area contributed by atoms with E-state index in [1.165, 1.54) is 0 Å². The zero-order chi connectivity index (χ0) is 11.5. The fourth-order valence-corrected chi connectivity index (χ4v) is 1.86. The Morgan fingerprint density at radius 3 is 3.19 bits per heavy atom. The van der Waals surface area contributed by atoms with Gasteiger partial charge >= 0.3 is 0 Å². The largest absolute Gasteiger partial charge is 0.473 e. The molecule has 0 bridgehead atoms. The van der Waals surface area contributed by atoms with Crippen LogP contribution in [0.5, 0.6) is 5.75 Å². The van der Waals surface area contributed by atoms with Crippen molar-refractivity contribution in [1.29, 1.82) is 0 Å². The van der Waals surface area contributed by atoms with Crippen LogP contribution < -0.4 is 15.9 Å². The Bertz CT molecular complexity index is 373. The molecule has 1 heterocycles. The van der Waals surface area contributed by atoms with Gasteiger partial charge in [-0.3, -0.25) is 0 Å². The molecule has 86 valence electrons. The zero-order valence-electron chi connectivity index (χ0n) is 9.28. The Balaban J connectivity index is 1.86. The molecule has 0 aromatic heterocycles. The molecule has 1 aromatic carbocycles. The maximum Gasteiger partial charge on any atom is 0.247 e. The van der Waals surface area contributed by atoms with Gasteiger partial charge in [0.05, 0.1) is 6.61 Å². The predicted octanol–water partition coefficient (Wildman–Crippen LogP) is 0.832. The van der Waals surface area contributed by atoms with E-state index in [1.54, 1.807) is 0 Å². The molecular formula is C11H15BClNO2. The number of benzene rings is 1. The Labute approximate surface area is 101 Å². The second-order valence-electron chi connectivity index (χ2n) is 4.14. The molecule has 5 heteroatoms. The Morgan fingerprint density at radius 1 is 1.62 bits per heavy atom. The first kappa shape index (κ1) is 11.8. The molecule has 2 rings (SSSR count). The zero-order valence-corrected chi connectivity index (χ0v) is 10.0. The maximum absolute atomic E-state index is 5.90. The number of rotatable bonds is 4. The lowest BCUT2D eigenvalue weighted by atomic mass is 9.71. The van der Waals surface area contributed by atoms with Crippen LogP contribution >= 0.6 is 11.6 Å². The molecule has 1 aliphatic rings. The Hall–Kier alpha value is -0.705. The molecule has 2 atom stereocenters. The average Bonchev–Trinajstić information content (AvgIpc) is 2.58. The van der Waals surface area contributed by atoms with Gasteiger partial charge in [0.2, 0.25) is 7.28 Å². The van der Waals surface area contributed by atoms with Crippen LogP contribution in [0, 0.1) is 0 Å². The number of halogens is 1. The van der Waals surface area contributed by atoms with Crippen LogP contribution in [-0.4, -0.2) is 26.1 Å². The van der Waals surface area contributed by atoms with E-state index in [2.05, 4.69) is 0 Å². The Kier molecular flexibility index (Phi) is 3.74. The van der Waals surface area contributed by atoms with Crippen molar-refractivity contribution in [2.75, 3.05) is 6.61 Å². The summed E-state index contributed by atoms with van der Waals surface area (Å²) in [4.78, 5) is 0. The van der Waals surface area contributed by atoms with Gasteiger partial charge in [0.1, 0.15) is 5.75 Å². The molecule has 0 radical (unpaired) electrons. The third-order valence-corrected chi connectivity index (χ3v) is 2.78. The van der Waals surface area contributed by atoms with Gasteiger partial charge in [-0.25, -0.2) is 0 Å². The molecule has 0 spiro atoms. The lowest BCUT2D eigenvalue weighted by molar-refractivity contribution is -0.0197. The van der Waals surface area contributed by atoms with Crippen LogP contribution in [-0.2, 0) is 4.74 Å². The van der Waals surface area contributed by atoms with Gasteiger partial charge in [-0.05, 0) is 37.0 Å². The van der Waals surface area contributed by atoms with Crippen molar-refractivity contribution in [2.24, 2.45) is 5.73 Å². The molecule has 0 fully saturated rings. The minimum atomic E-state index is -0.188. The van der Waals surface area contributed by atoms with Gasteiger partial charge in [0.15, 0.2) is 6.19 Å². The van der Waals surface area contributed by atoms with Crippen molar-refractivity contribution < 1.29 is 9.47 Å². The highest BCUT2D eigenvalue weighted by Gasteiger charge is 2.25. The molecule has 0 aliphatic carbocycles. The van der Waals surface area contributed by atoms with Gasteiger partial charge < -0.3 is 15.2 Å². The highest BCUT2D eigenvalue weighted by Crippen LogP contribution is 2.19. The first-order valence-electron chi connectivity index (χ1n) is 5.47. The number of hydrogen-bond acceptors (Lipinski definition) is 3. The third kappa shape index (κ3) is 2.91. The van der Waals surface area contributed by atoms with E-state index in [0.29, 0.717) is 6.61 Å². The molecule has 0 saturated heterocycles. The highest BCUT2D eigenvalue weighted by atomic mass is 35.5. The minimum Gasteiger partial charge on any atom is -0.473 e. The average molecular weight is 240 g/mol. The van der Waals surface area contributed by atoms with Gasteiger partial charge in [0.25, 0.3) is 0 Å². The minimum absolute atomic E-state index is 0.165. The summed E-state index contributed by atoms with van der Waals surface area (Å²) < 4.78 is 11.2. The summed E-state index contributed by atoms with van der Waals surface area (Å²) in [7, 11) is 0.759. The molecule has 0 amide bonds. The standard InChI is InChI=1S/C11H15BClNO2/c1-7(14)4-5-15-11-12-9-6-8(13)2-3-10(9)16-11/h2-3,6-7,11-12H,4-5,14H2,1H3. The van der Waals surface area contributed by atoms with Gasteiger partial charge in [-0.15, -0.1) is 0 Å². The van der Waals surface area contributed by atoms with E-state index in [-0.39, 0.29) is 12.2 Å². The third-order valence-electron chi connectivity index (χ3n) is 2.54. The first-order chi connectivity index (χ1) is 7.65. The van der Waals surface area contributed by atoms with E-state index >= 15 is 0 Å². The van der Waals surface area contributed by atoms with E-state index in [1.807, 2.05) is 25.1 Å². The highest BCUT2D eigenvalue weighted by molar-refractivity contribution is 6.57. The summed E-state index contributed by atoms with van der Waals surface area (Å²) >= 11 is 5.90. The number of fused-ring (bicyclic) bond motifs is 1. The summed E-state index contributed by atoms with van der Waals surface area (Å²) in [5.74, 6) is 0.871. The SMILES string of the molecule is CC(N)CCOC1Bc2cc(Cl)ccc2O1. The van der Waals surface area contributed by atoms with Crippen LogP contribution in [0.15, 0.2) is 18.2 Å². The topological polar surface area (TPSA) is 44.5 Å². The lowest BCUT2D eigenvalue weighted by Gasteiger charge is -2.13. The van der Waals surface area contributed by atoms with Crippen molar-refractivity contribution in [1.82, 2.24) is 0 Å². The van der Waals surface area contributed by atoms with E-state index < -0.39 is 0 Å². The maximum atomic E-state index is 5.90. The monoisotopic (exact) mass is 239 g/mol. The molecule has 0 saturated carbocycles. The van der Waals surface area contributed by atoms with Crippen molar-refractivity contribution in [3.63, 3.8) is 0 Å². The summed E-state index contributed by atoms with van der Waals surface area (Å²) in [6, 6.07) is 5.79. The number of nitrogens with two attached hydrogens (primary N) is 1. The summed E-state index contributed by atoms with van der Waals surface area (Å²) in [5.41, 5.74) is 6.75. The van der Waals surface area contributed by atoms with Crippen molar-refractivity contribution in [3.05, 3.63) is 23.2 Å². The van der Waals surface area contributed by atoms with E-state index in [9.17, 15) is 0 Å². The quantitative estimate of drug-likeness (QED) is 0.792. The normalized spacial score (nSPS) is 19.8. The molecule has 2 N–H and O–H groups in total. The molecular weight excluding hydrogens is 224 g/mol.